The lowest BCUT2D eigenvalue weighted by Crippen LogP contribution is -2.43. The minimum atomic E-state index is -4.61. The van der Waals surface area contributed by atoms with Crippen LogP contribution in [0, 0.1) is 17.8 Å². The molecule has 0 aliphatic heterocycles. The normalized spacial score (nSPS) is 13.2. The summed E-state index contributed by atoms with van der Waals surface area (Å²) in [5, 5.41) is 0. The topological polar surface area (TPSA) is 237 Å². The molecule has 18 nitrogen and oxygen atoms in total. The van der Waals surface area contributed by atoms with Crippen molar-refractivity contribution >= 4 is 53.7 Å². The molecular formula is C42H60F12O18. The van der Waals surface area contributed by atoms with Crippen molar-refractivity contribution in [3.63, 3.8) is 0 Å². The zero-order chi connectivity index (χ0) is 57.1. The molecule has 0 spiro atoms. The molecule has 30 heteroatoms. The molecule has 0 aromatic rings. The van der Waals surface area contributed by atoms with Crippen molar-refractivity contribution in [3.8, 4) is 0 Å². The second-order valence-electron chi connectivity index (χ2n) is 15.3. The summed E-state index contributed by atoms with van der Waals surface area (Å²) in [4.78, 5) is 99.9. The minimum absolute atomic E-state index is 0.411. The van der Waals surface area contributed by atoms with Crippen LogP contribution in [0.1, 0.15) is 101 Å². The van der Waals surface area contributed by atoms with Crippen molar-refractivity contribution in [3.05, 3.63) is 0 Å². The molecule has 0 bridgehead atoms. The number of alkyl halides is 12. The number of hydrogen-bond acceptors (Lipinski definition) is 18. The van der Waals surface area contributed by atoms with Gasteiger partial charge in [-0.3, -0.25) is 14.4 Å². The molecule has 420 valence electrons. The third kappa shape index (κ3) is 27.8. The van der Waals surface area contributed by atoms with Crippen LogP contribution in [0.25, 0.3) is 0 Å². The van der Waals surface area contributed by atoms with E-state index in [9.17, 15) is 95.8 Å². The first-order valence-electron chi connectivity index (χ1n) is 21.5. The van der Waals surface area contributed by atoms with E-state index in [1.54, 1.807) is 41.5 Å². The van der Waals surface area contributed by atoms with Gasteiger partial charge < -0.3 is 42.6 Å². The fraction of sp³-hybridized carbons (Fsp3) is 0.786. The van der Waals surface area contributed by atoms with Gasteiger partial charge in [-0.2, -0.15) is 52.7 Å². The maximum absolute atomic E-state index is 13.5. The molecule has 0 heterocycles. The summed E-state index contributed by atoms with van der Waals surface area (Å²) >= 11 is 0. The van der Waals surface area contributed by atoms with Crippen molar-refractivity contribution in [1.29, 1.82) is 0 Å². The molecule has 0 aliphatic carbocycles. The number of rotatable bonds is 29. The minimum Gasteiger partial charge on any atom is -0.465 e. The molecule has 0 N–H and O–H groups in total. The summed E-state index contributed by atoms with van der Waals surface area (Å²) in [6, 6.07) is 0. The number of esters is 9. The lowest BCUT2D eigenvalue weighted by Gasteiger charge is -2.21. The smallest absolute Gasteiger partial charge is 0.377 e. The first-order valence-corrected chi connectivity index (χ1v) is 21.5. The Bertz CT molecular complexity index is 1760. The van der Waals surface area contributed by atoms with Crippen molar-refractivity contribution in [1.82, 2.24) is 0 Å². The van der Waals surface area contributed by atoms with E-state index in [4.69, 9.17) is 0 Å². The molecular weight excluding hydrogens is 1020 g/mol. The van der Waals surface area contributed by atoms with Gasteiger partial charge >= 0.3 is 89.3 Å². The first-order chi connectivity index (χ1) is 32.8. The molecule has 0 fully saturated rings. The molecule has 0 aliphatic rings. The summed E-state index contributed by atoms with van der Waals surface area (Å²) in [5.74, 6) is -43.7. The van der Waals surface area contributed by atoms with Gasteiger partial charge in [0.2, 0.25) is 0 Å². The fourth-order valence-corrected chi connectivity index (χ4v) is 4.03. The molecule has 0 saturated heterocycles. The van der Waals surface area contributed by atoms with Crippen LogP contribution in [-0.2, 0) is 85.8 Å². The van der Waals surface area contributed by atoms with Gasteiger partial charge in [-0.1, -0.05) is 41.5 Å². The zero-order valence-electron chi connectivity index (χ0n) is 40.9. The Labute approximate surface area is 405 Å². The summed E-state index contributed by atoms with van der Waals surface area (Å²) in [6.45, 7) is 9.64. The molecule has 0 radical (unpaired) electrons. The Hall–Kier alpha value is -5.61. The lowest BCUT2D eigenvalue weighted by molar-refractivity contribution is -0.199. The van der Waals surface area contributed by atoms with E-state index in [1.807, 2.05) is 0 Å². The largest absolute Gasteiger partial charge is 0.465 e. The van der Waals surface area contributed by atoms with Gasteiger partial charge in [-0.15, -0.1) is 0 Å². The number of methoxy groups -OCH3 is 1. The Morgan fingerprint density at radius 1 is 0.347 bits per heavy atom. The average molecular weight is 1080 g/mol. The maximum Gasteiger partial charge on any atom is 0.377 e. The highest BCUT2D eigenvalue weighted by Crippen LogP contribution is 2.35. The Morgan fingerprint density at radius 3 is 0.792 bits per heavy atom. The number of carbonyl (C=O) groups is 9. The van der Waals surface area contributed by atoms with Gasteiger partial charge in [0.25, 0.3) is 0 Å². The predicted molar refractivity (Wildman–Crippen MR) is 218 cm³/mol. The monoisotopic (exact) mass is 1080 g/mol. The average Bonchev–Trinajstić information content (AvgIpc) is 3.27. The zero-order valence-corrected chi connectivity index (χ0v) is 40.9. The molecule has 3 unspecified atom stereocenters. The molecule has 0 amide bonds. The van der Waals surface area contributed by atoms with E-state index in [1.165, 1.54) is 20.8 Å². The van der Waals surface area contributed by atoms with E-state index >= 15 is 0 Å². The van der Waals surface area contributed by atoms with Crippen molar-refractivity contribution in [2.24, 2.45) is 17.8 Å². The van der Waals surface area contributed by atoms with Crippen LogP contribution in [0.3, 0.4) is 0 Å². The molecule has 3 atom stereocenters. The summed E-state index contributed by atoms with van der Waals surface area (Å²) in [7, 11) is 0.596. The third-order valence-corrected chi connectivity index (χ3v) is 8.65. The number of hydrogen-bond donors (Lipinski definition) is 0. The van der Waals surface area contributed by atoms with Crippen molar-refractivity contribution in [2.45, 2.75) is 142 Å². The van der Waals surface area contributed by atoms with Crippen molar-refractivity contribution in [2.75, 3.05) is 53.4 Å². The van der Waals surface area contributed by atoms with Crippen LogP contribution in [0.2, 0.25) is 0 Å². The molecule has 0 aromatic carbocycles. The van der Waals surface area contributed by atoms with Crippen LogP contribution in [0.5, 0.6) is 0 Å². The number of ether oxygens (including phenoxy) is 9. The maximum atomic E-state index is 13.5. The molecule has 72 heavy (non-hydrogen) atoms. The first kappa shape index (κ1) is 70.6. The molecule has 0 rings (SSSR count). The Kier molecular flexibility index (Phi) is 31.8. The highest BCUT2D eigenvalue weighted by molar-refractivity contribution is 5.83. The van der Waals surface area contributed by atoms with E-state index < -0.39 is 179 Å². The highest BCUT2D eigenvalue weighted by Gasteiger charge is 2.57. The predicted octanol–water partition coefficient (Wildman–Crippen LogP) is 7.03. The number of halogens is 12. The SMILES string of the molecule is CCC(C)C(=O)OCCOC(=O)C(F)(F)CC(F)(F)C(=O)OC.CCC(C)C(=O)OCCOC(=O)C(F)(F)CC(F)(F)C(=O)OC(C)C.CCOC(=O)C(F)(F)CC(F)(F)C(=O)OCCOC(=O)C(C)CC. The summed E-state index contributed by atoms with van der Waals surface area (Å²) in [6.07, 6.45) is -6.56. The number of carbonyl (C=O) groups excluding carboxylic acids is 9. The summed E-state index contributed by atoms with van der Waals surface area (Å²) in [5.41, 5.74) is 0. The van der Waals surface area contributed by atoms with Gasteiger partial charge in [0.05, 0.1) is 56.8 Å². The van der Waals surface area contributed by atoms with Crippen molar-refractivity contribution < 1.29 is 138 Å². The quantitative estimate of drug-likeness (QED) is 0.0316. The van der Waals surface area contributed by atoms with Gasteiger partial charge in [0, 0.05) is 0 Å². The second kappa shape index (κ2) is 32.5. The third-order valence-electron chi connectivity index (χ3n) is 8.65. The highest BCUT2D eigenvalue weighted by atomic mass is 19.3. The van der Waals surface area contributed by atoms with E-state index in [0.717, 1.165) is 0 Å². The second-order valence-corrected chi connectivity index (χ2v) is 15.3. The van der Waals surface area contributed by atoms with Crippen LogP contribution >= 0.6 is 0 Å². The van der Waals surface area contributed by atoms with Crippen LogP contribution < -0.4 is 0 Å². The van der Waals surface area contributed by atoms with Crippen LogP contribution in [0.4, 0.5) is 52.7 Å². The van der Waals surface area contributed by atoms with E-state index in [2.05, 4.69) is 42.6 Å². The molecule has 0 aromatic heterocycles. The van der Waals surface area contributed by atoms with E-state index in [0.29, 0.717) is 26.4 Å². The fourth-order valence-electron chi connectivity index (χ4n) is 4.03. The Balaban J connectivity index is -0.000000993. The lowest BCUT2D eigenvalue weighted by atomic mass is 10.1. The summed E-state index contributed by atoms with van der Waals surface area (Å²) < 4.78 is 198. The van der Waals surface area contributed by atoms with Gasteiger partial charge in [-0.05, 0) is 40.0 Å². The standard InChI is InChI=1S/C15H22F4O6.C14H20F4O6.C13H18F4O6/c1-5-10(4)11(20)23-6-7-24-12(21)14(16,17)8-15(18,19)13(22)25-9(2)3;1-4-9(3)10(19)23-6-7-24-12(21)14(17,18)8-13(15,16)11(20)22-5-2;1-4-8(2)9(18)22-5-6-23-11(20)13(16,17)7-12(14,15)10(19)21-3/h9-10H,5-8H2,1-4H3;9H,4-8H2,1-3H3;8H,4-7H2,1-3H3. The van der Waals surface area contributed by atoms with Gasteiger partial charge in [0.1, 0.15) is 39.6 Å². The molecule has 0 saturated carbocycles. The van der Waals surface area contributed by atoms with Gasteiger partial charge in [-0.25, -0.2) is 28.8 Å². The van der Waals surface area contributed by atoms with Gasteiger partial charge in [0.15, 0.2) is 0 Å². The van der Waals surface area contributed by atoms with Crippen LogP contribution in [0.15, 0.2) is 0 Å². The van der Waals surface area contributed by atoms with E-state index in [-0.39, 0.29) is 0 Å². The van der Waals surface area contributed by atoms with Crippen LogP contribution in [-0.4, -0.2) is 149 Å². The Morgan fingerprint density at radius 2 is 0.569 bits per heavy atom.